The van der Waals surface area contributed by atoms with Crippen LogP contribution in [0, 0.1) is 0 Å². The van der Waals surface area contributed by atoms with Crippen LogP contribution < -0.4 is 0 Å². The van der Waals surface area contributed by atoms with Crippen LogP contribution in [0.3, 0.4) is 0 Å². The van der Waals surface area contributed by atoms with Crippen molar-refractivity contribution in [2.24, 2.45) is 0 Å². The Kier molecular flexibility index (Phi) is 5.61. The molecule has 0 aromatic carbocycles. The lowest BCUT2D eigenvalue weighted by atomic mass is 10.3. The molecule has 1 heterocycles. The molecule has 1 rings (SSSR count). The predicted molar refractivity (Wildman–Crippen MR) is 57.0 cm³/mol. The molecular formula is C10H15NOS. The molecule has 1 N–H and O–H groups in total. The second-order valence-corrected chi connectivity index (χ2v) is 3.99. The zero-order chi connectivity index (χ0) is 9.36. The van der Waals surface area contributed by atoms with Crippen molar-refractivity contribution in [2.75, 3.05) is 18.1 Å². The van der Waals surface area contributed by atoms with Gasteiger partial charge >= 0.3 is 0 Å². The summed E-state index contributed by atoms with van der Waals surface area (Å²) >= 11 is 1.87. The predicted octanol–water partition coefficient (Wildman–Crippen LogP) is 1.74. The smallest absolute Gasteiger partial charge is 0.0438 e. The monoisotopic (exact) mass is 197 g/mol. The Hall–Kier alpha value is -0.540. The SMILES string of the molecule is OCCCSCCc1ccccn1. The van der Waals surface area contributed by atoms with Gasteiger partial charge < -0.3 is 5.11 Å². The molecule has 0 aliphatic rings. The number of thioether (sulfide) groups is 1. The topological polar surface area (TPSA) is 33.1 Å². The fourth-order valence-corrected chi connectivity index (χ4v) is 1.88. The molecule has 1 aromatic rings. The molecule has 0 fully saturated rings. The van der Waals surface area contributed by atoms with E-state index in [2.05, 4.69) is 4.98 Å². The van der Waals surface area contributed by atoms with Crippen LogP contribution in [0.1, 0.15) is 12.1 Å². The Balaban J connectivity index is 2.07. The Morgan fingerprint density at radius 1 is 1.31 bits per heavy atom. The lowest BCUT2D eigenvalue weighted by molar-refractivity contribution is 0.296. The van der Waals surface area contributed by atoms with E-state index in [1.807, 2.05) is 36.2 Å². The van der Waals surface area contributed by atoms with E-state index >= 15 is 0 Å². The zero-order valence-electron chi connectivity index (χ0n) is 7.65. The third kappa shape index (κ3) is 4.90. The molecule has 0 bridgehead atoms. The third-order valence-electron chi connectivity index (χ3n) is 1.68. The summed E-state index contributed by atoms with van der Waals surface area (Å²) in [6.45, 7) is 0.302. The maximum absolute atomic E-state index is 8.56. The summed E-state index contributed by atoms with van der Waals surface area (Å²) in [5.41, 5.74) is 1.15. The number of aromatic nitrogens is 1. The van der Waals surface area contributed by atoms with Gasteiger partial charge in [-0.05, 0) is 36.5 Å². The van der Waals surface area contributed by atoms with E-state index in [4.69, 9.17) is 5.11 Å². The van der Waals surface area contributed by atoms with Crippen LogP contribution in [0.15, 0.2) is 24.4 Å². The van der Waals surface area contributed by atoms with Crippen LogP contribution in [0.25, 0.3) is 0 Å². The van der Waals surface area contributed by atoms with E-state index in [0.717, 1.165) is 30.0 Å². The summed E-state index contributed by atoms with van der Waals surface area (Å²) in [5, 5.41) is 8.56. The summed E-state index contributed by atoms with van der Waals surface area (Å²) in [6, 6.07) is 6.00. The summed E-state index contributed by atoms with van der Waals surface area (Å²) in [5.74, 6) is 2.14. The van der Waals surface area contributed by atoms with E-state index < -0.39 is 0 Å². The largest absolute Gasteiger partial charge is 0.396 e. The number of aliphatic hydroxyl groups excluding tert-OH is 1. The number of rotatable bonds is 6. The van der Waals surface area contributed by atoms with Gasteiger partial charge in [-0.15, -0.1) is 0 Å². The van der Waals surface area contributed by atoms with Crippen LogP contribution in [0.2, 0.25) is 0 Å². The summed E-state index contributed by atoms with van der Waals surface area (Å²) < 4.78 is 0. The average molecular weight is 197 g/mol. The molecule has 0 aliphatic carbocycles. The molecule has 0 saturated heterocycles. The van der Waals surface area contributed by atoms with E-state index in [1.54, 1.807) is 0 Å². The lowest BCUT2D eigenvalue weighted by Gasteiger charge is -1.99. The molecule has 2 nitrogen and oxygen atoms in total. The van der Waals surface area contributed by atoms with Gasteiger partial charge in [0.05, 0.1) is 0 Å². The van der Waals surface area contributed by atoms with Crippen molar-refractivity contribution in [3.63, 3.8) is 0 Å². The van der Waals surface area contributed by atoms with Crippen molar-refractivity contribution in [3.05, 3.63) is 30.1 Å². The summed E-state index contributed by atoms with van der Waals surface area (Å²) in [4.78, 5) is 4.23. The van der Waals surface area contributed by atoms with E-state index in [9.17, 15) is 0 Å². The molecule has 0 unspecified atom stereocenters. The van der Waals surface area contributed by atoms with Crippen molar-refractivity contribution >= 4 is 11.8 Å². The highest BCUT2D eigenvalue weighted by atomic mass is 32.2. The standard InChI is InChI=1S/C10H15NOS/c12-7-3-8-13-9-5-10-4-1-2-6-11-10/h1-2,4,6,12H,3,5,7-9H2. The minimum absolute atomic E-state index is 0.302. The van der Waals surface area contributed by atoms with Gasteiger partial charge in [-0.25, -0.2) is 0 Å². The molecule has 0 amide bonds. The first kappa shape index (κ1) is 10.5. The second kappa shape index (κ2) is 6.92. The molecule has 0 radical (unpaired) electrons. The highest BCUT2D eigenvalue weighted by Gasteiger charge is 1.93. The number of hydrogen-bond acceptors (Lipinski definition) is 3. The molecular weight excluding hydrogens is 182 g/mol. The Morgan fingerprint density at radius 2 is 2.23 bits per heavy atom. The van der Waals surface area contributed by atoms with Crippen molar-refractivity contribution in [1.29, 1.82) is 0 Å². The normalized spacial score (nSPS) is 10.2. The molecule has 72 valence electrons. The third-order valence-corrected chi connectivity index (χ3v) is 2.75. The molecule has 0 spiro atoms. The minimum Gasteiger partial charge on any atom is -0.396 e. The Morgan fingerprint density at radius 3 is 2.92 bits per heavy atom. The highest BCUT2D eigenvalue weighted by Crippen LogP contribution is 2.05. The number of hydrogen-bond donors (Lipinski definition) is 1. The number of nitrogens with zero attached hydrogens (tertiary/aromatic N) is 1. The molecule has 0 aliphatic heterocycles. The van der Waals surface area contributed by atoms with Crippen LogP contribution in [0.5, 0.6) is 0 Å². The second-order valence-electron chi connectivity index (χ2n) is 2.76. The fourth-order valence-electron chi connectivity index (χ4n) is 0.991. The minimum atomic E-state index is 0.302. The van der Waals surface area contributed by atoms with Crippen molar-refractivity contribution in [2.45, 2.75) is 12.8 Å². The molecule has 13 heavy (non-hydrogen) atoms. The number of aryl methyl sites for hydroxylation is 1. The molecule has 1 aromatic heterocycles. The molecule has 3 heteroatoms. The number of aliphatic hydroxyl groups is 1. The Bertz CT molecular complexity index is 215. The van der Waals surface area contributed by atoms with Crippen LogP contribution in [-0.4, -0.2) is 28.2 Å². The van der Waals surface area contributed by atoms with Crippen LogP contribution in [-0.2, 0) is 6.42 Å². The average Bonchev–Trinajstić information content (AvgIpc) is 2.19. The van der Waals surface area contributed by atoms with Gasteiger partial charge in [0.25, 0.3) is 0 Å². The van der Waals surface area contributed by atoms with Gasteiger partial charge in [-0.2, -0.15) is 11.8 Å². The van der Waals surface area contributed by atoms with Crippen LogP contribution >= 0.6 is 11.8 Å². The van der Waals surface area contributed by atoms with Gasteiger partial charge in [-0.3, -0.25) is 4.98 Å². The first-order valence-corrected chi connectivity index (χ1v) is 5.67. The zero-order valence-corrected chi connectivity index (χ0v) is 8.46. The van der Waals surface area contributed by atoms with E-state index in [-0.39, 0.29) is 0 Å². The molecule has 0 atom stereocenters. The maximum atomic E-state index is 8.56. The first-order chi connectivity index (χ1) is 6.43. The van der Waals surface area contributed by atoms with E-state index in [1.165, 1.54) is 0 Å². The quantitative estimate of drug-likeness (QED) is 0.705. The van der Waals surface area contributed by atoms with Gasteiger partial charge in [0.15, 0.2) is 0 Å². The van der Waals surface area contributed by atoms with Crippen molar-refractivity contribution < 1.29 is 5.11 Å². The Labute approximate surface area is 83.4 Å². The van der Waals surface area contributed by atoms with Gasteiger partial charge in [0.2, 0.25) is 0 Å². The van der Waals surface area contributed by atoms with Gasteiger partial charge in [0, 0.05) is 18.5 Å². The van der Waals surface area contributed by atoms with Gasteiger partial charge in [-0.1, -0.05) is 6.07 Å². The first-order valence-electron chi connectivity index (χ1n) is 4.52. The molecule has 0 saturated carbocycles. The van der Waals surface area contributed by atoms with Crippen molar-refractivity contribution in [3.8, 4) is 0 Å². The highest BCUT2D eigenvalue weighted by molar-refractivity contribution is 7.99. The lowest BCUT2D eigenvalue weighted by Crippen LogP contribution is -1.93. The van der Waals surface area contributed by atoms with E-state index in [0.29, 0.717) is 6.61 Å². The number of pyridine rings is 1. The van der Waals surface area contributed by atoms with Gasteiger partial charge in [0.1, 0.15) is 0 Å². The summed E-state index contributed by atoms with van der Waals surface area (Å²) in [6.07, 6.45) is 3.75. The van der Waals surface area contributed by atoms with Crippen LogP contribution in [0.4, 0.5) is 0 Å². The van der Waals surface area contributed by atoms with Crippen molar-refractivity contribution in [1.82, 2.24) is 4.98 Å². The summed E-state index contributed by atoms with van der Waals surface area (Å²) in [7, 11) is 0. The maximum Gasteiger partial charge on any atom is 0.0438 e. The fraction of sp³-hybridized carbons (Fsp3) is 0.500.